The van der Waals surface area contributed by atoms with Crippen LogP contribution in [-0.2, 0) is 15.0 Å². The second-order valence-electron chi connectivity index (χ2n) is 11.5. The van der Waals surface area contributed by atoms with Gasteiger partial charge in [-0.3, -0.25) is 14.7 Å². The van der Waals surface area contributed by atoms with Crippen LogP contribution in [0.15, 0.2) is 46.0 Å². The van der Waals surface area contributed by atoms with Crippen molar-refractivity contribution in [1.82, 2.24) is 40.7 Å². The number of aromatic amines is 1. The largest absolute Gasteiger partial charge is 0.478 e. The fourth-order valence-electron chi connectivity index (χ4n) is 6.14. The molecule has 0 aliphatic carbocycles. The molecular formula is C27H28F3N9O3S. The van der Waals surface area contributed by atoms with E-state index in [1.54, 1.807) is 31.5 Å². The maximum absolute atomic E-state index is 15.5. The van der Waals surface area contributed by atoms with Crippen molar-refractivity contribution in [3.05, 3.63) is 68.8 Å². The summed E-state index contributed by atoms with van der Waals surface area (Å²) in [6.07, 6.45) is 1.56. The first-order chi connectivity index (χ1) is 20.4. The molecule has 3 aromatic rings. The third-order valence-corrected chi connectivity index (χ3v) is 8.98. The van der Waals surface area contributed by atoms with Crippen LogP contribution in [0.2, 0.25) is 0 Å². The first kappa shape index (κ1) is 28.9. The van der Waals surface area contributed by atoms with Crippen molar-refractivity contribution in [2.45, 2.75) is 44.2 Å². The summed E-state index contributed by atoms with van der Waals surface area (Å²) in [6, 6.07) is 2.32. The predicted molar refractivity (Wildman–Crippen MR) is 148 cm³/mol. The number of alkyl halides is 2. The summed E-state index contributed by atoms with van der Waals surface area (Å²) < 4.78 is 45.5. The number of carbonyl (C=O) groups excluding carboxylic acids is 1. The number of aliphatic carboxylic acids is 1. The Morgan fingerprint density at radius 2 is 2.09 bits per heavy atom. The smallest absolute Gasteiger partial charge is 0.335 e. The summed E-state index contributed by atoms with van der Waals surface area (Å²) in [5.74, 6) is -6.89. The molecule has 3 N–H and O–H groups in total. The number of carboxylic acids is 1. The summed E-state index contributed by atoms with van der Waals surface area (Å²) in [4.78, 5) is 37.8. The van der Waals surface area contributed by atoms with Crippen LogP contribution in [0.3, 0.4) is 0 Å². The Morgan fingerprint density at radius 3 is 2.77 bits per heavy atom. The number of carboxylic acid groups (broad SMARTS) is 1. The second kappa shape index (κ2) is 10.5. The lowest BCUT2D eigenvalue weighted by Crippen LogP contribution is -2.45. The summed E-state index contributed by atoms with van der Waals surface area (Å²) in [7, 11) is 0. The Labute approximate surface area is 247 Å². The summed E-state index contributed by atoms with van der Waals surface area (Å²) in [5.41, 5.74) is -0.277. The van der Waals surface area contributed by atoms with Crippen LogP contribution in [0, 0.1) is 18.7 Å². The lowest BCUT2D eigenvalue weighted by atomic mass is 9.92. The molecule has 3 aliphatic heterocycles. The van der Waals surface area contributed by atoms with Gasteiger partial charge in [0.05, 0.1) is 12.1 Å². The highest BCUT2D eigenvalue weighted by molar-refractivity contribution is 7.11. The molecule has 0 spiro atoms. The van der Waals surface area contributed by atoms with Crippen LogP contribution in [0.5, 0.6) is 0 Å². The van der Waals surface area contributed by atoms with Crippen LogP contribution in [0.25, 0.3) is 0 Å². The van der Waals surface area contributed by atoms with E-state index in [2.05, 4.69) is 35.9 Å². The minimum atomic E-state index is -3.35. The number of likely N-dealkylation sites (tertiary alicyclic amines) is 2. The fraction of sp³-hybridized carbons (Fsp3) is 0.444. The lowest BCUT2D eigenvalue weighted by Gasteiger charge is -2.32. The molecule has 0 saturated carbocycles. The van der Waals surface area contributed by atoms with Gasteiger partial charge in [-0.1, -0.05) is 31.2 Å². The van der Waals surface area contributed by atoms with E-state index in [1.165, 1.54) is 40.2 Å². The standard InChI is InChI=1S/C27H28F3N9O3S/c1-13-14(5-4-6-15(13)28)20-18(24(41)42)16(32-21(33-20)22-31-7-8-43-22)9-38-12-27(29,30)19-17(38)10-39(23(19)40)11-26(2,3)25-34-36-37-35-25/h4-8,17,19-20H,9-12H2,1-3H3,(H,32,33)(H,41,42)(H,34,35,36,37)/t17-,19-,20-/m0/s1. The molecule has 2 aromatic heterocycles. The van der Waals surface area contributed by atoms with E-state index in [0.717, 1.165) is 0 Å². The third-order valence-electron chi connectivity index (χ3n) is 8.20. The zero-order chi connectivity index (χ0) is 30.7. The zero-order valence-corrected chi connectivity index (χ0v) is 24.2. The maximum atomic E-state index is 15.5. The van der Waals surface area contributed by atoms with Crippen LogP contribution in [0.1, 0.15) is 41.8 Å². The number of halogens is 3. The zero-order valence-electron chi connectivity index (χ0n) is 23.4. The van der Waals surface area contributed by atoms with E-state index in [0.29, 0.717) is 16.4 Å². The topological polar surface area (TPSA) is 153 Å². The number of fused-ring (bicyclic) bond motifs is 1. The van der Waals surface area contributed by atoms with Crippen molar-refractivity contribution in [1.29, 1.82) is 0 Å². The number of amides is 1. The van der Waals surface area contributed by atoms with Gasteiger partial charge in [-0.2, -0.15) is 5.21 Å². The van der Waals surface area contributed by atoms with Crippen LogP contribution >= 0.6 is 11.3 Å². The Hall–Kier alpha value is -4.18. The molecule has 0 radical (unpaired) electrons. The van der Waals surface area contributed by atoms with Gasteiger partial charge in [0.25, 0.3) is 5.92 Å². The number of aliphatic imine (C=N–C) groups is 1. The molecule has 5 heterocycles. The maximum Gasteiger partial charge on any atom is 0.335 e. The summed E-state index contributed by atoms with van der Waals surface area (Å²) >= 11 is 1.26. The highest BCUT2D eigenvalue weighted by atomic mass is 32.1. The quantitative estimate of drug-likeness (QED) is 0.347. The number of aromatic nitrogens is 5. The normalized spacial score (nSPS) is 23.9. The van der Waals surface area contributed by atoms with Gasteiger partial charge in [-0.05, 0) is 24.1 Å². The number of H-pyrrole nitrogens is 1. The van der Waals surface area contributed by atoms with Gasteiger partial charge in [0, 0.05) is 48.4 Å². The van der Waals surface area contributed by atoms with Gasteiger partial charge in [0.15, 0.2) is 16.7 Å². The molecular weight excluding hydrogens is 587 g/mol. The molecule has 6 rings (SSSR count). The van der Waals surface area contributed by atoms with E-state index in [9.17, 15) is 19.1 Å². The number of hydrogen-bond donors (Lipinski definition) is 3. The minimum Gasteiger partial charge on any atom is -0.478 e. The highest BCUT2D eigenvalue weighted by Gasteiger charge is 2.63. The van der Waals surface area contributed by atoms with E-state index in [-0.39, 0.29) is 42.3 Å². The molecule has 0 bridgehead atoms. The van der Waals surface area contributed by atoms with Gasteiger partial charge < -0.3 is 15.3 Å². The van der Waals surface area contributed by atoms with Gasteiger partial charge in [0.1, 0.15) is 17.8 Å². The lowest BCUT2D eigenvalue weighted by molar-refractivity contribution is -0.140. The Kier molecular flexibility index (Phi) is 7.07. The molecule has 3 atom stereocenters. The average molecular weight is 616 g/mol. The number of benzene rings is 1. The highest BCUT2D eigenvalue weighted by Crippen LogP contribution is 2.45. The molecule has 1 amide bonds. The molecule has 2 saturated heterocycles. The van der Waals surface area contributed by atoms with Crippen molar-refractivity contribution < 1.29 is 27.9 Å². The SMILES string of the molecule is Cc1c(F)cccc1[C@@H]1N=C(c2nccs2)NC(CN2CC(F)(F)[C@@H]3C(=O)N(CC(C)(C)c4nn[nH]n4)C[C@@H]32)=C1C(=O)O. The van der Waals surface area contributed by atoms with E-state index in [4.69, 9.17) is 0 Å². The Morgan fingerprint density at radius 1 is 1.30 bits per heavy atom. The van der Waals surface area contributed by atoms with Crippen molar-refractivity contribution in [2.24, 2.45) is 10.9 Å². The van der Waals surface area contributed by atoms with Gasteiger partial charge in [-0.25, -0.2) is 22.9 Å². The van der Waals surface area contributed by atoms with Crippen LogP contribution < -0.4 is 5.32 Å². The Bertz CT molecular complexity index is 1630. The van der Waals surface area contributed by atoms with Crippen LogP contribution in [0.4, 0.5) is 13.2 Å². The van der Waals surface area contributed by atoms with Crippen molar-refractivity contribution in [2.75, 3.05) is 26.2 Å². The molecule has 16 heteroatoms. The minimum absolute atomic E-state index is 0.00984. The van der Waals surface area contributed by atoms with Crippen molar-refractivity contribution >= 4 is 29.0 Å². The fourth-order valence-corrected chi connectivity index (χ4v) is 6.73. The van der Waals surface area contributed by atoms with Crippen LogP contribution in [-0.4, -0.2) is 96.4 Å². The van der Waals surface area contributed by atoms with E-state index >= 15 is 8.78 Å². The number of rotatable bonds is 8. The number of nitrogens with zero attached hydrogens (tertiary/aromatic N) is 7. The van der Waals surface area contributed by atoms with E-state index < -0.39 is 53.6 Å². The second-order valence-corrected chi connectivity index (χ2v) is 12.4. The first-order valence-electron chi connectivity index (χ1n) is 13.5. The molecule has 1 aromatic carbocycles. The number of amidine groups is 1. The van der Waals surface area contributed by atoms with Gasteiger partial charge >= 0.3 is 5.97 Å². The predicted octanol–water partition coefficient (Wildman–Crippen LogP) is 2.29. The monoisotopic (exact) mass is 615 g/mol. The number of nitrogens with one attached hydrogen (secondary N) is 2. The molecule has 43 heavy (non-hydrogen) atoms. The molecule has 0 unspecified atom stereocenters. The third kappa shape index (κ3) is 5.07. The first-order valence-corrected chi connectivity index (χ1v) is 14.4. The summed E-state index contributed by atoms with van der Waals surface area (Å²) in [5, 5.41) is 29.5. The van der Waals surface area contributed by atoms with Gasteiger partial charge in [-0.15, -0.1) is 21.5 Å². The van der Waals surface area contributed by atoms with E-state index in [1.807, 2.05) is 0 Å². The Balaban J connectivity index is 1.35. The number of hydrogen-bond acceptors (Lipinski definition) is 10. The van der Waals surface area contributed by atoms with Gasteiger partial charge in [0.2, 0.25) is 5.91 Å². The molecule has 12 nitrogen and oxygen atoms in total. The number of tetrazole rings is 1. The van der Waals surface area contributed by atoms with Crippen molar-refractivity contribution in [3.63, 3.8) is 0 Å². The summed E-state index contributed by atoms with van der Waals surface area (Å²) in [6.45, 7) is 4.24. The van der Waals surface area contributed by atoms with Crippen molar-refractivity contribution in [3.8, 4) is 0 Å². The molecule has 2 fully saturated rings. The number of carbonyl (C=O) groups is 2. The molecule has 3 aliphatic rings. The molecule has 226 valence electrons. The number of thiazole rings is 1. The average Bonchev–Trinajstić information content (AvgIpc) is 3.74.